The van der Waals surface area contributed by atoms with Gasteiger partial charge in [0.1, 0.15) is 17.1 Å². The van der Waals surface area contributed by atoms with Gasteiger partial charge in [0.2, 0.25) is 0 Å². The molecule has 21 heavy (non-hydrogen) atoms. The van der Waals surface area contributed by atoms with E-state index in [0.29, 0.717) is 12.8 Å². The van der Waals surface area contributed by atoms with Gasteiger partial charge in [0, 0.05) is 6.42 Å². The zero-order valence-electron chi connectivity index (χ0n) is 11.7. The monoisotopic (exact) mass is 298 g/mol. The smallest absolute Gasteiger partial charge is 0.342 e. The highest BCUT2D eigenvalue weighted by Gasteiger charge is 2.13. The molecule has 1 rings (SSSR count). The van der Waals surface area contributed by atoms with E-state index in [0.717, 1.165) is 37.5 Å². The van der Waals surface area contributed by atoms with Crippen molar-refractivity contribution in [2.75, 3.05) is 6.61 Å². The summed E-state index contributed by atoms with van der Waals surface area (Å²) in [5.41, 5.74) is -0.184. The third kappa shape index (κ3) is 6.74. The van der Waals surface area contributed by atoms with Gasteiger partial charge in [-0.05, 0) is 31.0 Å². The predicted molar refractivity (Wildman–Crippen MR) is 73.7 cm³/mol. The Kier molecular flexibility index (Phi) is 7.21. The second-order valence-electron chi connectivity index (χ2n) is 4.71. The molecule has 0 aliphatic heterocycles. The lowest BCUT2D eigenvalue weighted by Gasteiger charge is -2.06. The number of benzene rings is 1. The first kappa shape index (κ1) is 16.9. The normalized spacial score (nSPS) is 10.3. The van der Waals surface area contributed by atoms with Gasteiger partial charge in [-0.15, -0.1) is 0 Å². The highest BCUT2D eigenvalue weighted by Crippen LogP contribution is 2.19. The molecule has 0 bridgehead atoms. The number of phenolic OH excluding ortho intramolecular Hbond substituents is 1. The molecule has 0 unspecified atom stereocenters. The number of hydrogen-bond acceptors (Lipinski definition) is 4. The number of unbranched alkanes of at least 4 members (excludes halogenated alkanes) is 4. The van der Waals surface area contributed by atoms with E-state index in [4.69, 9.17) is 9.84 Å². The van der Waals surface area contributed by atoms with Crippen LogP contribution in [-0.4, -0.2) is 28.8 Å². The van der Waals surface area contributed by atoms with Crippen molar-refractivity contribution in [3.8, 4) is 5.75 Å². The third-order valence-corrected chi connectivity index (χ3v) is 2.95. The van der Waals surface area contributed by atoms with Gasteiger partial charge in [-0.1, -0.05) is 19.3 Å². The number of aliphatic carboxylic acids is 1. The second-order valence-corrected chi connectivity index (χ2v) is 4.71. The number of rotatable bonds is 9. The molecule has 1 aromatic carbocycles. The van der Waals surface area contributed by atoms with Crippen molar-refractivity contribution in [1.29, 1.82) is 0 Å². The maximum Gasteiger partial charge on any atom is 0.342 e. The van der Waals surface area contributed by atoms with Crippen LogP contribution in [0, 0.1) is 5.82 Å². The van der Waals surface area contributed by atoms with Crippen LogP contribution < -0.4 is 0 Å². The molecule has 5 nitrogen and oxygen atoms in total. The summed E-state index contributed by atoms with van der Waals surface area (Å²) in [7, 11) is 0. The number of ether oxygens (including phenoxy) is 1. The zero-order chi connectivity index (χ0) is 15.7. The molecule has 0 heterocycles. The largest absolute Gasteiger partial charge is 0.507 e. The number of carbonyl (C=O) groups is 2. The van der Waals surface area contributed by atoms with Crippen molar-refractivity contribution in [2.45, 2.75) is 38.5 Å². The summed E-state index contributed by atoms with van der Waals surface area (Å²) in [6, 6.07) is 3.10. The van der Waals surface area contributed by atoms with Gasteiger partial charge in [0.15, 0.2) is 0 Å². The van der Waals surface area contributed by atoms with Crippen LogP contribution in [-0.2, 0) is 9.53 Å². The zero-order valence-corrected chi connectivity index (χ0v) is 11.7. The van der Waals surface area contributed by atoms with E-state index in [2.05, 4.69) is 0 Å². The molecule has 6 heteroatoms. The average molecular weight is 298 g/mol. The third-order valence-electron chi connectivity index (χ3n) is 2.95. The molecule has 0 atom stereocenters. The molecule has 116 valence electrons. The van der Waals surface area contributed by atoms with Crippen LogP contribution >= 0.6 is 0 Å². The van der Waals surface area contributed by atoms with Crippen LogP contribution in [0.4, 0.5) is 4.39 Å². The van der Waals surface area contributed by atoms with Crippen molar-refractivity contribution in [3.63, 3.8) is 0 Å². The van der Waals surface area contributed by atoms with Gasteiger partial charge in [0.25, 0.3) is 0 Å². The Morgan fingerprint density at radius 2 is 1.76 bits per heavy atom. The van der Waals surface area contributed by atoms with Crippen LogP contribution in [0.25, 0.3) is 0 Å². The number of carboxylic acids is 1. The first-order chi connectivity index (χ1) is 10.0. The summed E-state index contributed by atoms with van der Waals surface area (Å²) in [4.78, 5) is 21.9. The maximum absolute atomic E-state index is 13.0. The molecule has 0 aliphatic carbocycles. The highest BCUT2D eigenvalue weighted by molar-refractivity contribution is 5.92. The minimum Gasteiger partial charge on any atom is -0.507 e. The summed E-state index contributed by atoms with van der Waals surface area (Å²) in [5.74, 6) is -2.47. The molecule has 0 saturated heterocycles. The molecule has 0 radical (unpaired) electrons. The van der Waals surface area contributed by atoms with Crippen molar-refractivity contribution in [3.05, 3.63) is 29.6 Å². The van der Waals surface area contributed by atoms with Crippen LogP contribution in [0.3, 0.4) is 0 Å². The van der Waals surface area contributed by atoms with Crippen molar-refractivity contribution >= 4 is 11.9 Å². The van der Waals surface area contributed by atoms with E-state index >= 15 is 0 Å². The Labute approximate surface area is 122 Å². The Morgan fingerprint density at radius 3 is 2.48 bits per heavy atom. The van der Waals surface area contributed by atoms with Crippen molar-refractivity contribution < 1.29 is 28.9 Å². The number of carbonyl (C=O) groups excluding carboxylic acids is 1. The molecule has 1 aromatic rings. The first-order valence-electron chi connectivity index (χ1n) is 6.88. The number of phenols is 1. The summed E-state index contributed by atoms with van der Waals surface area (Å²) < 4.78 is 17.9. The summed E-state index contributed by atoms with van der Waals surface area (Å²) in [5, 5.41) is 17.9. The van der Waals surface area contributed by atoms with Crippen molar-refractivity contribution in [2.24, 2.45) is 0 Å². The lowest BCUT2D eigenvalue weighted by Crippen LogP contribution is -2.07. The quantitative estimate of drug-likeness (QED) is 0.540. The molecule has 0 saturated carbocycles. The summed E-state index contributed by atoms with van der Waals surface area (Å²) in [6.07, 6.45) is 3.98. The van der Waals surface area contributed by atoms with Gasteiger partial charge in [0.05, 0.1) is 6.61 Å². The van der Waals surface area contributed by atoms with E-state index in [9.17, 15) is 19.1 Å². The summed E-state index contributed by atoms with van der Waals surface area (Å²) >= 11 is 0. The van der Waals surface area contributed by atoms with Gasteiger partial charge >= 0.3 is 11.9 Å². The van der Waals surface area contributed by atoms with E-state index in [1.165, 1.54) is 0 Å². The van der Waals surface area contributed by atoms with Crippen LogP contribution in [0.2, 0.25) is 0 Å². The Morgan fingerprint density at radius 1 is 1.10 bits per heavy atom. The lowest BCUT2D eigenvalue weighted by atomic mass is 10.1. The molecule has 0 aliphatic rings. The van der Waals surface area contributed by atoms with Crippen molar-refractivity contribution in [1.82, 2.24) is 0 Å². The molecule has 0 amide bonds. The SMILES string of the molecule is O=C(O)CCCCCCCOC(=O)c1cc(F)ccc1O. The van der Waals surface area contributed by atoms with Gasteiger partial charge < -0.3 is 14.9 Å². The van der Waals surface area contributed by atoms with Crippen LogP contribution in [0.5, 0.6) is 5.75 Å². The summed E-state index contributed by atoms with van der Waals surface area (Å²) in [6.45, 7) is 0.188. The number of esters is 1. The van der Waals surface area contributed by atoms with E-state index in [1.807, 2.05) is 0 Å². The van der Waals surface area contributed by atoms with Crippen LogP contribution in [0.15, 0.2) is 18.2 Å². The molecule has 2 N–H and O–H groups in total. The Balaban J connectivity index is 2.16. The lowest BCUT2D eigenvalue weighted by molar-refractivity contribution is -0.137. The molecule has 0 spiro atoms. The fraction of sp³-hybridized carbons (Fsp3) is 0.467. The van der Waals surface area contributed by atoms with Gasteiger partial charge in [-0.3, -0.25) is 4.79 Å². The van der Waals surface area contributed by atoms with E-state index < -0.39 is 17.8 Å². The molecular formula is C15H19FO5. The fourth-order valence-electron chi connectivity index (χ4n) is 1.82. The second kappa shape index (κ2) is 8.94. The number of carboxylic acid groups (broad SMARTS) is 1. The number of aromatic hydroxyl groups is 1. The molecule has 0 fully saturated rings. The predicted octanol–water partition coefficient (Wildman–Crippen LogP) is 3.11. The fourth-order valence-corrected chi connectivity index (χ4v) is 1.82. The Bertz CT molecular complexity index is 487. The van der Waals surface area contributed by atoms with Gasteiger partial charge in [-0.25, -0.2) is 9.18 Å². The maximum atomic E-state index is 13.0. The Hall–Kier alpha value is -2.11. The van der Waals surface area contributed by atoms with Gasteiger partial charge in [-0.2, -0.15) is 0 Å². The standard InChI is InChI=1S/C15H19FO5/c16-11-7-8-13(17)12(10-11)15(20)21-9-5-3-1-2-4-6-14(18)19/h7-8,10,17H,1-6,9H2,(H,18,19). The average Bonchev–Trinajstić information content (AvgIpc) is 2.43. The van der Waals surface area contributed by atoms with E-state index in [-0.39, 0.29) is 24.3 Å². The minimum absolute atomic E-state index is 0.174. The molecular weight excluding hydrogens is 279 g/mol. The molecule has 0 aromatic heterocycles. The highest BCUT2D eigenvalue weighted by atomic mass is 19.1. The minimum atomic E-state index is -0.793. The topological polar surface area (TPSA) is 83.8 Å². The number of halogens is 1. The van der Waals surface area contributed by atoms with Crippen LogP contribution in [0.1, 0.15) is 48.9 Å². The van der Waals surface area contributed by atoms with E-state index in [1.54, 1.807) is 0 Å². The number of hydrogen-bond donors (Lipinski definition) is 2. The first-order valence-corrected chi connectivity index (χ1v) is 6.88.